The molecule has 0 unspecified atom stereocenters. The van der Waals surface area contributed by atoms with Crippen molar-refractivity contribution in [3.63, 3.8) is 0 Å². The Morgan fingerprint density at radius 1 is 0.667 bits per heavy atom. The van der Waals surface area contributed by atoms with E-state index in [-0.39, 0.29) is 0 Å². The molecule has 0 amide bonds. The Labute approximate surface area is 132 Å². The molecule has 0 spiro atoms. The lowest BCUT2D eigenvalue weighted by Gasteiger charge is -2.02. The first-order valence-electron chi connectivity index (χ1n) is 8.61. The van der Waals surface area contributed by atoms with E-state index < -0.39 is 0 Å². The quantitative estimate of drug-likeness (QED) is 0.328. The smallest absolute Gasteiger partial charge is 0.0431 e. The molecule has 0 aromatic carbocycles. The normalized spacial score (nSPS) is 12.6. The van der Waals surface area contributed by atoms with E-state index in [0.29, 0.717) is 6.61 Å². The number of aliphatic hydroxyl groups is 1. The van der Waals surface area contributed by atoms with Crippen LogP contribution in [0.2, 0.25) is 0 Å². The van der Waals surface area contributed by atoms with Gasteiger partial charge in [-0.25, -0.2) is 0 Å². The highest BCUT2D eigenvalue weighted by atomic mass is 16.2. The molecule has 0 aliphatic heterocycles. The molecule has 0 saturated heterocycles. The molecule has 0 saturated carbocycles. The van der Waals surface area contributed by atoms with Crippen molar-refractivity contribution in [2.45, 2.75) is 85.5 Å². The molecule has 0 aromatic heterocycles. The van der Waals surface area contributed by atoms with Gasteiger partial charge in [-0.15, -0.1) is 0 Å². The van der Waals surface area contributed by atoms with Crippen molar-refractivity contribution in [1.82, 2.24) is 0 Å². The fourth-order valence-electron chi connectivity index (χ4n) is 2.30. The summed E-state index contributed by atoms with van der Waals surface area (Å²) in [6.45, 7) is 9.17. The van der Waals surface area contributed by atoms with Crippen molar-refractivity contribution in [3.05, 3.63) is 34.9 Å². The van der Waals surface area contributed by atoms with Crippen LogP contribution in [0.4, 0.5) is 0 Å². The van der Waals surface area contributed by atoms with Crippen LogP contribution in [0.5, 0.6) is 0 Å². The standard InChI is InChI=1S/C20H36O/c1-18(2)12-10-14-20(4)16-11-15-19(3)13-8-6-5-7-9-17-21/h12-13,16,21H,5-11,14-15,17H2,1-4H3/b19-13+,20-16+. The summed E-state index contributed by atoms with van der Waals surface area (Å²) in [4.78, 5) is 0. The Morgan fingerprint density at radius 3 is 1.76 bits per heavy atom. The van der Waals surface area contributed by atoms with Crippen LogP contribution in [0.3, 0.4) is 0 Å². The van der Waals surface area contributed by atoms with E-state index in [1.807, 2.05) is 0 Å². The molecular formula is C20H36O. The van der Waals surface area contributed by atoms with Gasteiger partial charge in [0, 0.05) is 6.61 Å². The van der Waals surface area contributed by atoms with Gasteiger partial charge in [0.1, 0.15) is 0 Å². The average molecular weight is 293 g/mol. The zero-order valence-corrected chi connectivity index (χ0v) is 14.8. The first-order valence-corrected chi connectivity index (χ1v) is 8.61. The Balaban J connectivity index is 3.71. The Hall–Kier alpha value is -0.820. The Kier molecular flexibility index (Phi) is 13.6. The number of rotatable bonds is 12. The molecule has 0 bridgehead atoms. The molecule has 0 aliphatic rings. The summed E-state index contributed by atoms with van der Waals surface area (Å²) in [5.41, 5.74) is 4.45. The van der Waals surface area contributed by atoms with E-state index in [9.17, 15) is 0 Å². The maximum Gasteiger partial charge on any atom is 0.0431 e. The highest BCUT2D eigenvalue weighted by Gasteiger charge is 1.93. The topological polar surface area (TPSA) is 20.2 Å². The van der Waals surface area contributed by atoms with Gasteiger partial charge in [0.15, 0.2) is 0 Å². The molecule has 0 aromatic rings. The molecule has 1 nitrogen and oxygen atoms in total. The van der Waals surface area contributed by atoms with Crippen LogP contribution >= 0.6 is 0 Å². The Bertz CT molecular complexity index is 330. The molecule has 0 aliphatic carbocycles. The second-order valence-electron chi connectivity index (χ2n) is 6.39. The lowest BCUT2D eigenvalue weighted by molar-refractivity contribution is 0.282. The predicted molar refractivity (Wildman–Crippen MR) is 95.6 cm³/mol. The van der Waals surface area contributed by atoms with Gasteiger partial charge in [-0.2, -0.15) is 0 Å². The number of aliphatic hydroxyl groups excluding tert-OH is 1. The molecular weight excluding hydrogens is 256 g/mol. The highest BCUT2D eigenvalue weighted by Crippen LogP contribution is 2.13. The SMILES string of the molecule is CC(C)=CCC/C(C)=C/CC/C(C)=C/CCCCCCO. The van der Waals surface area contributed by atoms with Gasteiger partial charge < -0.3 is 5.11 Å². The van der Waals surface area contributed by atoms with E-state index in [1.165, 1.54) is 61.7 Å². The maximum absolute atomic E-state index is 8.71. The minimum absolute atomic E-state index is 0.341. The van der Waals surface area contributed by atoms with Crippen molar-refractivity contribution >= 4 is 0 Å². The molecule has 122 valence electrons. The summed E-state index contributed by atoms with van der Waals surface area (Å²) in [7, 11) is 0. The largest absolute Gasteiger partial charge is 0.396 e. The van der Waals surface area contributed by atoms with Crippen molar-refractivity contribution in [1.29, 1.82) is 0 Å². The molecule has 0 radical (unpaired) electrons. The second-order valence-corrected chi connectivity index (χ2v) is 6.39. The third-order valence-electron chi connectivity index (χ3n) is 3.73. The molecule has 0 rings (SSSR count). The lowest BCUT2D eigenvalue weighted by Crippen LogP contribution is -1.84. The van der Waals surface area contributed by atoms with Crippen molar-refractivity contribution < 1.29 is 5.11 Å². The van der Waals surface area contributed by atoms with E-state index in [0.717, 1.165) is 12.8 Å². The minimum atomic E-state index is 0.341. The van der Waals surface area contributed by atoms with Crippen LogP contribution in [0.25, 0.3) is 0 Å². The third-order valence-corrected chi connectivity index (χ3v) is 3.73. The van der Waals surface area contributed by atoms with Crippen LogP contribution in [-0.2, 0) is 0 Å². The van der Waals surface area contributed by atoms with Crippen LogP contribution in [0.1, 0.15) is 85.5 Å². The van der Waals surface area contributed by atoms with E-state index in [4.69, 9.17) is 5.11 Å². The van der Waals surface area contributed by atoms with Gasteiger partial charge >= 0.3 is 0 Å². The monoisotopic (exact) mass is 292 g/mol. The molecule has 0 heterocycles. The van der Waals surface area contributed by atoms with Gasteiger partial charge in [-0.1, -0.05) is 47.8 Å². The van der Waals surface area contributed by atoms with E-state index >= 15 is 0 Å². The third kappa shape index (κ3) is 15.4. The summed E-state index contributed by atoms with van der Waals surface area (Å²) in [6, 6.07) is 0. The minimum Gasteiger partial charge on any atom is -0.396 e. The fourth-order valence-corrected chi connectivity index (χ4v) is 2.30. The molecule has 0 fully saturated rings. The molecule has 1 N–H and O–H groups in total. The first kappa shape index (κ1) is 20.2. The Morgan fingerprint density at radius 2 is 1.19 bits per heavy atom. The summed E-state index contributed by atoms with van der Waals surface area (Å²) in [5.74, 6) is 0. The molecule has 0 atom stereocenters. The maximum atomic E-state index is 8.71. The van der Waals surface area contributed by atoms with Gasteiger partial charge in [-0.3, -0.25) is 0 Å². The van der Waals surface area contributed by atoms with Gasteiger partial charge in [0.25, 0.3) is 0 Å². The van der Waals surface area contributed by atoms with Crippen molar-refractivity contribution in [2.75, 3.05) is 6.61 Å². The van der Waals surface area contributed by atoms with Gasteiger partial charge in [0.05, 0.1) is 0 Å². The van der Waals surface area contributed by atoms with Crippen LogP contribution < -0.4 is 0 Å². The summed E-state index contributed by atoms with van der Waals surface area (Å²) in [5, 5.41) is 8.71. The number of hydrogen-bond donors (Lipinski definition) is 1. The van der Waals surface area contributed by atoms with Gasteiger partial charge in [0.2, 0.25) is 0 Å². The van der Waals surface area contributed by atoms with Crippen LogP contribution in [-0.4, -0.2) is 11.7 Å². The van der Waals surface area contributed by atoms with Crippen molar-refractivity contribution in [2.24, 2.45) is 0 Å². The summed E-state index contributed by atoms with van der Waals surface area (Å²) >= 11 is 0. The van der Waals surface area contributed by atoms with Crippen LogP contribution in [0.15, 0.2) is 34.9 Å². The van der Waals surface area contributed by atoms with Crippen LogP contribution in [0, 0.1) is 0 Å². The number of hydrogen-bond acceptors (Lipinski definition) is 1. The fraction of sp³-hybridized carbons (Fsp3) is 0.700. The first-order chi connectivity index (χ1) is 10.1. The molecule has 21 heavy (non-hydrogen) atoms. The second kappa shape index (κ2) is 14.1. The zero-order chi connectivity index (χ0) is 15.9. The number of allylic oxidation sites excluding steroid dienone is 6. The average Bonchev–Trinajstić information content (AvgIpc) is 2.42. The number of unbranched alkanes of at least 4 members (excludes halogenated alkanes) is 4. The summed E-state index contributed by atoms with van der Waals surface area (Å²) < 4.78 is 0. The van der Waals surface area contributed by atoms with E-state index in [2.05, 4.69) is 45.9 Å². The van der Waals surface area contributed by atoms with Crippen molar-refractivity contribution in [3.8, 4) is 0 Å². The highest BCUT2D eigenvalue weighted by molar-refractivity contribution is 5.05. The predicted octanol–water partition coefficient (Wildman–Crippen LogP) is 6.35. The lowest BCUT2D eigenvalue weighted by atomic mass is 10.0. The molecule has 1 heteroatoms. The van der Waals surface area contributed by atoms with Gasteiger partial charge in [-0.05, 0) is 72.6 Å². The summed E-state index contributed by atoms with van der Waals surface area (Å²) in [6.07, 6.45) is 17.7. The zero-order valence-electron chi connectivity index (χ0n) is 14.8. The van der Waals surface area contributed by atoms with E-state index in [1.54, 1.807) is 0 Å².